The zero-order chi connectivity index (χ0) is 17.2. The van der Waals surface area contributed by atoms with E-state index in [0.29, 0.717) is 6.04 Å². The van der Waals surface area contributed by atoms with Crippen molar-refractivity contribution in [1.29, 1.82) is 0 Å². The Morgan fingerprint density at radius 1 is 1.12 bits per heavy atom. The molecule has 1 aromatic rings. The maximum atomic E-state index is 6.62. The quantitative estimate of drug-likeness (QED) is 0.832. The molecule has 0 bridgehead atoms. The molecule has 0 unspecified atom stereocenters. The highest BCUT2D eigenvalue weighted by Gasteiger charge is 2.46. The summed E-state index contributed by atoms with van der Waals surface area (Å²) in [6, 6.07) is 11.5. The maximum absolute atomic E-state index is 6.62. The lowest BCUT2D eigenvalue weighted by Crippen LogP contribution is -2.61. The summed E-state index contributed by atoms with van der Waals surface area (Å²) in [6.45, 7) is 11.1. The van der Waals surface area contributed by atoms with E-state index in [1.165, 1.54) is 31.2 Å². The van der Waals surface area contributed by atoms with Crippen molar-refractivity contribution in [2.24, 2.45) is 0 Å². The summed E-state index contributed by atoms with van der Waals surface area (Å²) >= 11 is 0. The molecule has 1 heterocycles. The summed E-state index contributed by atoms with van der Waals surface area (Å²) in [6.07, 6.45) is 4.88. The Kier molecular flexibility index (Phi) is 5.33. The Bertz CT molecular complexity index is 520. The summed E-state index contributed by atoms with van der Waals surface area (Å²) in [7, 11) is 2.28. The van der Waals surface area contributed by atoms with Crippen LogP contribution in [0, 0.1) is 0 Å². The van der Waals surface area contributed by atoms with Crippen LogP contribution in [-0.4, -0.2) is 53.7 Å². The Morgan fingerprint density at radius 3 is 2.42 bits per heavy atom. The van der Waals surface area contributed by atoms with Gasteiger partial charge in [0.1, 0.15) is 0 Å². The summed E-state index contributed by atoms with van der Waals surface area (Å²) in [5, 5.41) is 0. The number of hydrogen-bond acceptors (Lipinski definition) is 3. The van der Waals surface area contributed by atoms with E-state index in [1.54, 1.807) is 0 Å². The van der Waals surface area contributed by atoms with Crippen molar-refractivity contribution in [2.75, 3.05) is 26.7 Å². The number of hydrogen-bond donors (Lipinski definition) is 0. The molecule has 1 aromatic carbocycles. The van der Waals surface area contributed by atoms with Crippen molar-refractivity contribution in [3.63, 3.8) is 0 Å². The Balaban J connectivity index is 1.58. The first-order valence-corrected chi connectivity index (χ1v) is 9.58. The number of ether oxygens (including phenoxy) is 1. The number of morpholine rings is 1. The Hall–Kier alpha value is -0.900. The van der Waals surface area contributed by atoms with Gasteiger partial charge >= 0.3 is 0 Å². The van der Waals surface area contributed by atoms with E-state index in [9.17, 15) is 0 Å². The SMILES string of the molecule is CCN1CC(C)(C)OC2(CCC(N(C)Cc3ccccc3)CC2)C1. The molecule has 134 valence electrons. The van der Waals surface area contributed by atoms with Crippen LogP contribution in [0.2, 0.25) is 0 Å². The molecule has 0 atom stereocenters. The molecule has 1 aliphatic heterocycles. The molecule has 0 amide bonds. The molecule has 1 saturated carbocycles. The second-order valence-corrected chi connectivity index (χ2v) is 8.48. The first-order valence-electron chi connectivity index (χ1n) is 9.58. The molecule has 0 radical (unpaired) electrons. The molecule has 24 heavy (non-hydrogen) atoms. The smallest absolute Gasteiger partial charge is 0.0817 e. The largest absolute Gasteiger partial charge is 0.366 e. The van der Waals surface area contributed by atoms with E-state index in [1.807, 2.05) is 0 Å². The van der Waals surface area contributed by atoms with Gasteiger partial charge in [-0.25, -0.2) is 0 Å². The van der Waals surface area contributed by atoms with Gasteiger partial charge in [0.15, 0.2) is 0 Å². The molecule has 1 aliphatic carbocycles. The van der Waals surface area contributed by atoms with Crippen molar-refractivity contribution >= 4 is 0 Å². The molecular formula is C21H34N2O. The predicted octanol–water partition coefficient (Wildman–Crippen LogP) is 3.93. The van der Waals surface area contributed by atoms with Gasteiger partial charge in [0.05, 0.1) is 11.2 Å². The maximum Gasteiger partial charge on any atom is 0.0817 e. The van der Waals surface area contributed by atoms with Gasteiger partial charge in [0.25, 0.3) is 0 Å². The lowest BCUT2D eigenvalue weighted by Gasteiger charge is -2.53. The number of rotatable bonds is 4. The predicted molar refractivity (Wildman–Crippen MR) is 100 cm³/mol. The van der Waals surface area contributed by atoms with Crippen molar-refractivity contribution < 1.29 is 4.74 Å². The van der Waals surface area contributed by atoms with E-state index in [-0.39, 0.29) is 11.2 Å². The number of benzene rings is 1. The first-order chi connectivity index (χ1) is 11.4. The van der Waals surface area contributed by atoms with Crippen LogP contribution < -0.4 is 0 Å². The summed E-state index contributed by atoms with van der Waals surface area (Å²) in [5.41, 5.74) is 1.48. The van der Waals surface area contributed by atoms with Crippen LogP contribution in [0.5, 0.6) is 0 Å². The van der Waals surface area contributed by atoms with Crippen molar-refractivity contribution in [2.45, 2.75) is 70.2 Å². The van der Waals surface area contributed by atoms with Crippen LogP contribution >= 0.6 is 0 Å². The van der Waals surface area contributed by atoms with Crippen LogP contribution in [0.3, 0.4) is 0 Å². The van der Waals surface area contributed by atoms with E-state index in [2.05, 4.69) is 68.0 Å². The molecule has 2 aliphatic rings. The molecule has 3 nitrogen and oxygen atoms in total. The highest BCUT2D eigenvalue weighted by Crippen LogP contribution is 2.40. The summed E-state index contributed by atoms with van der Waals surface area (Å²) in [4.78, 5) is 5.12. The fraction of sp³-hybridized carbons (Fsp3) is 0.714. The van der Waals surface area contributed by atoms with E-state index in [0.717, 1.165) is 26.2 Å². The molecule has 0 aromatic heterocycles. The molecule has 0 N–H and O–H groups in total. The second kappa shape index (κ2) is 7.15. The fourth-order valence-corrected chi connectivity index (χ4v) is 4.71. The average molecular weight is 331 g/mol. The molecule has 3 heteroatoms. The first kappa shape index (κ1) is 17.9. The highest BCUT2D eigenvalue weighted by atomic mass is 16.5. The third-order valence-corrected chi connectivity index (χ3v) is 5.82. The van der Waals surface area contributed by atoms with Gasteiger partial charge in [0.2, 0.25) is 0 Å². The third-order valence-electron chi connectivity index (χ3n) is 5.82. The van der Waals surface area contributed by atoms with Gasteiger partial charge < -0.3 is 4.74 Å². The van der Waals surface area contributed by atoms with Gasteiger partial charge in [-0.2, -0.15) is 0 Å². The monoisotopic (exact) mass is 330 g/mol. The number of nitrogens with zero attached hydrogens (tertiary/aromatic N) is 2. The summed E-state index contributed by atoms with van der Waals surface area (Å²) < 4.78 is 6.62. The zero-order valence-corrected chi connectivity index (χ0v) is 15.9. The van der Waals surface area contributed by atoms with Gasteiger partial charge in [-0.05, 0) is 58.7 Å². The average Bonchev–Trinajstić information content (AvgIpc) is 2.54. The van der Waals surface area contributed by atoms with Crippen LogP contribution in [0.1, 0.15) is 52.0 Å². The van der Waals surface area contributed by atoms with E-state index < -0.39 is 0 Å². The number of likely N-dealkylation sites (N-methyl/N-ethyl adjacent to an activating group) is 1. The van der Waals surface area contributed by atoms with E-state index >= 15 is 0 Å². The minimum Gasteiger partial charge on any atom is -0.366 e. The normalized spacial score (nSPS) is 30.8. The third kappa shape index (κ3) is 4.19. The molecular weight excluding hydrogens is 296 g/mol. The Morgan fingerprint density at radius 2 is 1.79 bits per heavy atom. The van der Waals surface area contributed by atoms with Crippen molar-refractivity contribution in [3.05, 3.63) is 35.9 Å². The van der Waals surface area contributed by atoms with Crippen LogP contribution in [0.25, 0.3) is 0 Å². The lowest BCUT2D eigenvalue weighted by atomic mass is 9.79. The molecule has 1 saturated heterocycles. The fourth-order valence-electron chi connectivity index (χ4n) is 4.71. The molecule has 3 rings (SSSR count). The summed E-state index contributed by atoms with van der Waals surface area (Å²) in [5.74, 6) is 0. The molecule has 2 fully saturated rings. The van der Waals surface area contributed by atoms with Gasteiger partial charge in [0, 0.05) is 25.7 Å². The van der Waals surface area contributed by atoms with Gasteiger partial charge in [-0.1, -0.05) is 37.3 Å². The van der Waals surface area contributed by atoms with Gasteiger partial charge in [-0.15, -0.1) is 0 Å². The standard InChI is InChI=1S/C21H34N2O/c1-5-23-16-20(2,3)24-21(17-23)13-11-19(12-14-21)22(4)15-18-9-7-6-8-10-18/h6-10,19H,5,11-17H2,1-4H3. The van der Waals surface area contributed by atoms with Crippen LogP contribution in [-0.2, 0) is 11.3 Å². The van der Waals surface area contributed by atoms with Crippen molar-refractivity contribution in [1.82, 2.24) is 9.80 Å². The minimum absolute atomic E-state index is 0.0168. The van der Waals surface area contributed by atoms with Crippen LogP contribution in [0.4, 0.5) is 0 Å². The van der Waals surface area contributed by atoms with Crippen molar-refractivity contribution in [3.8, 4) is 0 Å². The topological polar surface area (TPSA) is 15.7 Å². The second-order valence-electron chi connectivity index (χ2n) is 8.48. The highest BCUT2D eigenvalue weighted by molar-refractivity contribution is 5.14. The zero-order valence-electron chi connectivity index (χ0n) is 15.9. The van der Waals surface area contributed by atoms with Crippen LogP contribution in [0.15, 0.2) is 30.3 Å². The molecule has 1 spiro atoms. The van der Waals surface area contributed by atoms with E-state index in [4.69, 9.17) is 4.74 Å². The lowest BCUT2D eigenvalue weighted by molar-refractivity contribution is -0.211. The van der Waals surface area contributed by atoms with Gasteiger partial charge in [-0.3, -0.25) is 9.80 Å². The Labute approximate surface area is 148 Å². The minimum atomic E-state index is -0.0168.